The van der Waals surface area contributed by atoms with E-state index in [9.17, 15) is 17.6 Å². The molecule has 2 aromatic carbocycles. The van der Waals surface area contributed by atoms with Crippen molar-refractivity contribution in [1.82, 2.24) is 0 Å². The zero-order chi connectivity index (χ0) is 17.7. The highest BCUT2D eigenvalue weighted by atomic mass is 32.2. The first kappa shape index (κ1) is 18.1. The standard InChI is InChI=1S/C18H19FO4S/c1-13(2)11-12-24(21,22)23-17-9-5-15(6-10-17)18(20)14-3-7-16(19)8-4-14/h3-10,13H,11-12H2,1-2H3. The Bertz CT molecular complexity index is 794. The van der Waals surface area contributed by atoms with Crippen molar-refractivity contribution in [2.75, 3.05) is 5.75 Å². The molecule has 0 saturated carbocycles. The van der Waals surface area contributed by atoms with Gasteiger partial charge in [-0.3, -0.25) is 4.79 Å². The minimum Gasteiger partial charge on any atom is -0.382 e. The van der Waals surface area contributed by atoms with Gasteiger partial charge in [0.2, 0.25) is 0 Å². The quantitative estimate of drug-likeness (QED) is 0.563. The zero-order valence-electron chi connectivity index (χ0n) is 13.5. The Morgan fingerprint density at radius 3 is 2.00 bits per heavy atom. The van der Waals surface area contributed by atoms with Gasteiger partial charge < -0.3 is 4.18 Å². The van der Waals surface area contributed by atoms with Crippen molar-refractivity contribution >= 4 is 15.9 Å². The van der Waals surface area contributed by atoms with Crippen LogP contribution in [-0.4, -0.2) is 20.0 Å². The highest BCUT2D eigenvalue weighted by molar-refractivity contribution is 7.87. The lowest BCUT2D eigenvalue weighted by atomic mass is 10.0. The Morgan fingerprint density at radius 2 is 1.50 bits per heavy atom. The van der Waals surface area contributed by atoms with Crippen molar-refractivity contribution in [1.29, 1.82) is 0 Å². The molecule has 128 valence electrons. The number of ketones is 1. The molecular weight excluding hydrogens is 331 g/mol. The molecule has 0 aliphatic rings. The first-order chi connectivity index (χ1) is 11.3. The Hall–Kier alpha value is -2.21. The maximum absolute atomic E-state index is 12.9. The van der Waals surface area contributed by atoms with E-state index >= 15 is 0 Å². The van der Waals surface area contributed by atoms with Crippen molar-refractivity contribution in [3.63, 3.8) is 0 Å². The molecular formula is C18H19FO4S. The summed E-state index contributed by atoms with van der Waals surface area (Å²) in [4.78, 5) is 12.3. The summed E-state index contributed by atoms with van der Waals surface area (Å²) in [6.07, 6.45) is 0.517. The average Bonchev–Trinajstić information content (AvgIpc) is 2.53. The van der Waals surface area contributed by atoms with Crippen LogP contribution in [0.4, 0.5) is 4.39 Å². The van der Waals surface area contributed by atoms with Gasteiger partial charge in [0.15, 0.2) is 5.78 Å². The lowest BCUT2D eigenvalue weighted by Crippen LogP contribution is -2.15. The number of benzene rings is 2. The van der Waals surface area contributed by atoms with E-state index in [1.54, 1.807) is 0 Å². The fraction of sp³-hybridized carbons (Fsp3) is 0.278. The van der Waals surface area contributed by atoms with E-state index in [0.717, 1.165) is 0 Å². The van der Waals surface area contributed by atoms with Crippen LogP contribution >= 0.6 is 0 Å². The molecule has 0 fully saturated rings. The molecule has 0 bridgehead atoms. The molecule has 0 spiro atoms. The molecule has 0 amide bonds. The van der Waals surface area contributed by atoms with Gasteiger partial charge >= 0.3 is 10.1 Å². The van der Waals surface area contributed by atoms with Gasteiger partial charge in [-0.05, 0) is 60.9 Å². The molecule has 0 unspecified atom stereocenters. The van der Waals surface area contributed by atoms with E-state index in [4.69, 9.17) is 4.18 Å². The molecule has 4 nitrogen and oxygen atoms in total. The smallest absolute Gasteiger partial charge is 0.309 e. The summed E-state index contributed by atoms with van der Waals surface area (Å²) >= 11 is 0. The number of rotatable bonds is 7. The summed E-state index contributed by atoms with van der Waals surface area (Å²) in [5.74, 6) is -0.319. The van der Waals surface area contributed by atoms with Gasteiger partial charge in [0.1, 0.15) is 11.6 Å². The van der Waals surface area contributed by atoms with Gasteiger partial charge in [-0.2, -0.15) is 8.42 Å². The largest absolute Gasteiger partial charge is 0.382 e. The van der Waals surface area contributed by atoms with Gasteiger partial charge in [-0.25, -0.2) is 4.39 Å². The molecule has 0 radical (unpaired) electrons. The minimum absolute atomic E-state index is 0.0546. The SMILES string of the molecule is CC(C)CCS(=O)(=O)Oc1ccc(C(=O)c2ccc(F)cc2)cc1. The van der Waals surface area contributed by atoms with E-state index in [2.05, 4.69) is 0 Å². The van der Waals surface area contributed by atoms with Gasteiger partial charge in [-0.15, -0.1) is 0 Å². The first-order valence-corrected chi connectivity index (χ1v) is 9.17. The van der Waals surface area contributed by atoms with Crippen molar-refractivity contribution in [2.45, 2.75) is 20.3 Å². The van der Waals surface area contributed by atoms with Gasteiger partial charge in [0.05, 0.1) is 5.75 Å². The predicted octanol–water partition coefficient (Wildman–Crippen LogP) is 3.81. The molecule has 0 atom stereocenters. The van der Waals surface area contributed by atoms with Crippen molar-refractivity contribution in [3.8, 4) is 5.75 Å². The molecule has 0 aliphatic heterocycles. The fourth-order valence-electron chi connectivity index (χ4n) is 2.00. The topological polar surface area (TPSA) is 60.4 Å². The second-order valence-corrected chi connectivity index (χ2v) is 7.58. The van der Waals surface area contributed by atoms with Crippen LogP contribution in [-0.2, 0) is 10.1 Å². The van der Waals surface area contributed by atoms with Crippen molar-refractivity contribution in [3.05, 3.63) is 65.5 Å². The average molecular weight is 350 g/mol. The van der Waals surface area contributed by atoms with Crippen molar-refractivity contribution < 1.29 is 21.8 Å². The van der Waals surface area contributed by atoms with Crippen LogP contribution < -0.4 is 4.18 Å². The Balaban J connectivity index is 2.07. The van der Waals surface area contributed by atoms with Gasteiger partial charge in [-0.1, -0.05) is 13.8 Å². The van der Waals surface area contributed by atoms with Crippen molar-refractivity contribution in [2.24, 2.45) is 5.92 Å². The Labute approximate surface area is 141 Å². The molecule has 0 saturated heterocycles. The molecule has 0 aliphatic carbocycles. The summed E-state index contributed by atoms with van der Waals surface area (Å²) in [7, 11) is -3.65. The summed E-state index contributed by atoms with van der Waals surface area (Å²) in [5.41, 5.74) is 0.725. The maximum atomic E-state index is 12.9. The van der Waals surface area contributed by atoms with Gasteiger partial charge in [0.25, 0.3) is 0 Å². The second kappa shape index (κ2) is 7.57. The summed E-state index contributed by atoms with van der Waals surface area (Å²) < 4.78 is 41.6. The lowest BCUT2D eigenvalue weighted by Gasteiger charge is -2.09. The monoisotopic (exact) mass is 350 g/mol. The summed E-state index contributed by atoms with van der Waals surface area (Å²) in [5, 5.41) is 0. The minimum atomic E-state index is -3.65. The van der Waals surface area contributed by atoms with Crippen LogP contribution in [0.2, 0.25) is 0 Å². The van der Waals surface area contributed by atoms with E-state index in [1.807, 2.05) is 13.8 Å². The number of carbonyl (C=O) groups excluding carboxylic acids is 1. The Kier molecular flexibility index (Phi) is 5.72. The Morgan fingerprint density at radius 1 is 1.00 bits per heavy atom. The van der Waals surface area contributed by atoms with Crippen LogP contribution in [0, 0.1) is 11.7 Å². The lowest BCUT2D eigenvalue weighted by molar-refractivity contribution is 0.103. The van der Waals surface area contributed by atoms with E-state index < -0.39 is 15.9 Å². The third-order valence-corrected chi connectivity index (χ3v) is 4.57. The number of halogens is 1. The van der Waals surface area contributed by atoms with Crippen LogP contribution in [0.5, 0.6) is 5.75 Å². The molecule has 2 rings (SSSR count). The highest BCUT2D eigenvalue weighted by Crippen LogP contribution is 2.18. The van der Waals surface area contributed by atoms with Crippen LogP contribution in [0.1, 0.15) is 36.2 Å². The summed E-state index contributed by atoms with van der Waals surface area (Å²) in [6, 6.07) is 11.1. The molecule has 0 N–H and O–H groups in total. The van der Waals surface area contributed by atoms with Crippen LogP contribution in [0.15, 0.2) is 48.5 Å². The molecule has 0 heterocycles. The second-order valence-electron chi connectivity index (χ2n) is 5.89. The molecule has 6 heteroatoms. The maximum Gasteiger partial charge on any atom is 0.309 e. The van der Waals surface area contributed by atoms with E-state index in [0.29, 0.717) is 17.5 Å². The number of hydrogen-bond acceptors (Lipinski definition) is 4. The summed E-state index contributed by atoms with van der Waals surface area (Å²) in [6.45, 7) is 3.87. The molecule has 24 heavy (non-hydrogen) atoms. The van der Waals surface area contributed by atoms with Crippen LogP contribution in [0.3, 0.4) is 0 Å². The third kappa shape index (κ3) is 5.16. The van der Waals surface area contributed by atoms with Gasteiger partial charge in [0, 0.05) is 11.1 Å². The molecule has 0 aromatic heterocycles. The first-order valence-electron chi connectivity index (χ1n) is 7.59. The number of hydrogen-bond donors (Lipinski definition) is 0. The van der Waals surface area contributed by atoms with E-state index in [-0.39, 0.29) is 23.2 Å². The fourth-order valence-corrected chi connectivity index (χ4v) is 3.25. The van der Waals surface area contributed by atoms with E-state index in [1.165, 1.54) is 48.5 Å². The highest BCUT2D eigenvalue weighted by Gasteiger charge is 2.15. The normalized spacial score (nSPS) is 11.5. The third-order valence-electron chi connectivity index (χ3n) is 3.39. The number of carbonyl (C=O) groups is 1. The van der Waals surface area contributed by atoms with Crippen LogP contribution in [0.25, 0.3) is 0 Å². The molecule has 2 aromatic rings. The zero-order valence-corrected chi connectivity index (χ0v) is 14.3. The predicted molar refractivity (Wildman–Crippen MR) is 90.1 cm³/mol.